The number of benzene rings is 2. The van der Waals surface area contributed by atoms with Crippen LogP contribution in [0.2, 0.25) is 0 Å². The van der Waals surface area contributed by atoms with Crippen LogP contribution >= 0.6 is 0 Å². The summed E-state index contributed by atoms with van der Waals surface area (Å²) in [5.74, 6) is 0. The van der Waals surface area contributed by atoms with Crippen LogP contribution in [0.4, 0.5) is 17.1 Å². The number of anilines is 3. The van der Waals surface area contributed by atoms with E-state index in [1.54, 1.807) is 24.3 Å². The van der Waals surface area contributed by atoms with Gasteiger partial charge in [-0.05, 0) is 42.5 Å². The fraction of sp³-hybridized carbons (Fsp3) is 0.0667. The van der Waals surface area contributed by atoms with E-state index in [1.807, 2.05) is 30.1 Å². The van der Waals surface area contributed by atoms with Crippen LogP contribution in [0.25, 0.3) is 0 Å². The van der Waals surface area contributed by atoms with Gasteiger partial charge in [0.15, 0.2) is 0 Å². The maximum Gasteiger partial charge on any atom is 0.101 e. The summed E-state index contributed by atoms with van der Waals surface area (Å²) >= 11 is 0. The van der Waals surface area contributed by atoms with Crippen molar-refractivity contribution in [2.24, 2.45) is 0 Å². The van der Waals surface area contributed by atoms with Gasteiger partial charge < -0.3 is 10.6 Å². The molecule has 92 valence electrons. The van der Waals surface area contributed by atoms with Crippen LogP contribution in [-0.4, -0.2) is 7.05 Å². The van der Waals surface area contributed by atoms with Gasteiger partial charge in [-0.2, -0.15) is 10.5 Å². The number of hydrogen-bond donors (Lipinski definition) is 1. The standard InChI is InChI=1S/C15H12N4/c1-19(13-4-2-11(9-16)3-5-13)14-6-7-15(18)12(8-14)10-17/h2-8H,18H2,1H3. The molecule has 2 aromatic rings. The fourth-order valence-electron chi connectivity index (χ4n) is 1.76. The molecule has 0 unspecified atom stereocenters. The third kappa shape index (κ3) is 2.48. The summed E-state index contributed by atoms with van der Waals surface area (Å²) in [5, 5.41) is 17.7. The maximum atomic E-state index is 8.98. The van der Waals surface area contributed by atoms with E-state index < -0.39 is 0 Å². The van der Waals surface area contributed by atoms with Gasteiger partial charge in [-0.25, -0.2) is 0 Å². The Kier molecular flexibility index (Phi) is 3.36. The summed E-state index contributed by atoms with van der Waals surface area (Å²) in [4.78, 5) is 1.93. The zero-order valence-corrected chi connectivity index (χ0v) is 10.5. The molecule has 4 heteroatoms. The highest BCUT2D eigenvalue weighted by atomic mass is 15.1. The number of nitriles is 2. The van der Waals surface area contributed by atoms with Crippen molar-refractivity contribution in [1.82, 2.24) is 0 Å². The van der Waals surface area contributed by atoms with Crippen molar-refractivity contribution >= 4 is 17.1 Å². The Balaban J connectivity index is 2.36. The van der Waals surface area contributed by atoms with Crippen LogP contribution in [0.3, 0.4) is 0 Å². The quantitative estimate of drug-likeness (QED) is 0.829. The Bertz CT molecular complexity index is 675. The van der Waals surface area contributed by atoms with E-state index in [0.717, 1.165) is 11.4 Å². The van der Waals surface area contributed by atoms with Crippen molar-refractivity contribution in [3.8, 4) is 12.1 Å². The molecule has 0 aromatic heterocycles. The van der Waals surface area contributed by atoms with Gasteiger partial charge in [0, 0.05) is 24.1 Å². The maximum absolute atomic E-state index is 8.98. The minimum absolute atomic E-state index is 0.456. The zero-order valence-electron chi connectivity index (χ0n) is 10.5. The monoisotopic (exact) mass is 248 g/mol. The summed E-state index contributed by atoms with van der Waals surface area (Å²) < 4.78 is 0. The van der Waals surface area contributed by atoms with E-state index >= 15 is 0 Å². The minimum atomic E-state index is 0.456. The van der Waals surface area contributed by atoms with E-state index in [4.69, 9.17) is 16.3 Å². The van der Waals surface area contributed by atoms with Crippen LogP contribution in [0.15, 0.2) is 42.5 Å². The van der Waals surface area contributed by atoms with Gasteiger partial charge in [-0.15, -0.1) is 0 Å². The highest BCUT2D eigenvalue weighted by molar-refractivity contribution is 5.68. The molecular formula is C15H12N4. The molecule has 0 saturated carbocycles. The van der Waals surface area contributed by atoms with Gasteiger partial charge in [0.2, 0.25) is 0 Å². The molecule has 4 nitrogen and oxygen atoms in total. The lowest BCUT2D eigenvalue weighted by molar-refractivity contribution is 1.21. The molecule has 0 heterocycles. The van der Waals surface area contributed by atoms with Gasteiger partial charge in [0.05, 0.1) is 17.2 Å². The Hall–Kier alpha value is -2.98. The fourth-order valence-corrected chi connectivity index (χ4v) is 1.76. The molecule has 0 amide bonds. The normalized spacial score (nSPS) is 9.42. The lowest BCUT2D eigenvalue weighted by Crippen LogP contribution is -2.09. The Labute approximate surface area is 111 Å². The SMILES string of the molecule is CN(c1ccc(C#N)cc1)c1ccc(N)c(C#N)c1. The summed E-state index contributed by atoms with van der Waals surface area (Å²) in [5.41, 5.74) is 9.05. The van der Waals surface area contributed by atoms with Gasteiger partial charge in [0.1, 0.15) is 6.07 Å². The second-order valence-corrected chi connectivity index (χ2v) is 4.10. The summed E-state index contributed by atoms with van der Waals surface area (Å²) in [6.45, 7) is 0. The highest BCUT2D eigenvalue weighted by Gasteiger charge is 2.06. The Morgan fingerprint density at radius 3 is 2.16 bits per heavy atom. The number of hydrogen-bond acceptors (Lipinski definition) is 4. The Morgan fingerprint density at radius 1 is 0.947 bits per heavy atom. The van der Waals surface area contributed by atoms with Gasteiger partial charge in [0.25, 0.3) is 0 Å². The van der Waals surface area contributed by atoms with E-state index in [2.05, 4.69) is 12.1 Å². The third-order valence-corrected chi connectivity index (χ3v) is 2.93. The molecule has 19 heavy (non-hydrogen) atoms. The van der Waals surface area contributed by atoms with Crippen LogP contribution in [0.1, 0.15) is 11.1 Å². The van der Waals surface area contributed by atoms with E-state index in [-0.39, 0.29) is 0 Å². The van der Waals surface area contributed by atoms with Gasteiger partial charge in [-0.3, -0.25) is 0 Å². The molecule has 0 radical (unpaired) electrons. The number of nitrogens with two attached hydrogens (primary N) is 1. The largest absolute Gasteiger partial charge is 0.398 e. The van der Waals surface area contributed by atoms with Crippen molar-refractivity contribution in [1.29, 1.82) is 10.5 Å². The smallest absolute Gasteiger partial charge is 0.101 e. The average molecular weight is 248 g/mol. The second kappa shape index (κ2) is 5.12. The zero-order chi connectivity index (χ0) is 13.8. The minimum Gasteiger partial charge on any atom is -0.398 e. The first-order valence-electron chi connectivity index (χ1n) is 5.69. The molecule has 0 atom stereocenters. The Morgan fingerprint density at radius 2 is 1.58 bits per heavy atom. The van der Waals surface area contributed by atoms with Crippen molar-refractivity contribution < 1.29 is 0 Å². The molecule has 0 bridgehead atoms. The van der Waals surface area contributed by atoms with Crippen LogP contribution in [-0.2, 0) is 0 Å². The molecule has 0 aliphatic carbocycles. The molecule has 0 spiro atoms. The topological polar surface area (TPSA) is 76.8 Å². The van der Waals surface area contributed by atoms with E-state index in [1.165, 1.54) is 0 Å². The molecule has 0 aliphatic heterocycles. The number of nitrogens with zero attached hydrogens (tertiary/aromatic N) is 3. The van der Waals surface area contributed by atoms with Crippen LogP contribution in [0, 0.1) is 22.7 Å². The highest BCUT2D eigenvalue weighted by Crippen LogP contribution is 2.26. The predicted octanol–water partition coefficient (Wildman–Crippen LogP) is 2.78. The van der Waals surface area contributed by atoms with Crippen LogP contribution < -0.4 is 10.6 Å². The van der Waals surface area contributed by atoms with Crippen molar-refractivity contribution in [2.75, 3.05) is 17.7 Å². The lowest BCUT2D eigenvalue weighted by atomic mass is 10.1. The molecule has 0 aliphatic rings. The summed E-state index contributed by atoms with van der Waals surface area (Å²) in [6.07, 6.45) is 0. The van der Waals surface area contributed by atoms with Crippen molar-refractivity contribution in [3.05, 3.63) is 53.6 Å². The summed E-state index contributed by atoms with van der Waals surface area (Å²) in [7, 11) is 1.90. The molecule has 0 fully saturated rings. The lowest BCUT2D eigenvalue weighted by Gasteiger charge is -2.20. The first kappa shape index (κ1) is 12.5. The third-order valence-electron chi connectivity index (χ3n) is 2.93. The second-order valence-electron chi connectivity index (χ2n) is 4.10. The van der Waals surface area contributed by atoms with Gasteiger partial charge in [-0.1, -0.05) is 0 Å². The van der Waals surface area contributed by atoms with Crippen LogP contribution in [0.5, 0.6) is 0 Å². The number of rotatable bonds is 2. The first-order valence-corrected chi connectivity index (χ1v) is 5.69. The first-order chi connectivity index (χ1) is 9.15. The summed E-state index contributed by atoms with van der Waals surface area (Å²) in [6, 6.07) is 16.7. The molecule has 0 saturated heterocycles. The number of nitrogen functional groups attached to an aromatic ring is 1. The average Bonchev–Trinajstić information content (AvgIpc) is 2.47. The molecule has 2 rings (SSSR count). The molecule has 2 N–H and O–H groups in total. The molecular weight excluding hydrogens is 236 g/mol. The van der Waals surface area contributed by atoms with Crippen molar-refractivity contribution in [2.45, 2.75) is 0 Å². The van der Waals surface area contributed by atoms with E-state index in [9.17, 15) is 0 Å². The van der Waals surface area contributed by atoms with Crippen molar-refractivity contribution in [3.63, 3.8) is 0 Å². The van der Waals surface area contributed by atoms with Gasteiger partial charge >= 0.3 is 0 Å². The van der Waals surface area contributed by atoms with E-state index in [0.29, 0.717) is 16.8 Å². The molecule has 2 aromatic carbocycles. The predicted molar refractivity (Wildman–Crippen MR) is 74.8 cm³/mol.